The molecule has 0 unspecified atom stereocenters. The van der Waals surface area contributed by atoms with Gasteiger partial charge in [0, 0.05) is 11.6 Å². The van der Waals surface area contributed by atoms with Gasteiger partial charge >= 0.3 is 5.97 Å². The van der Waals surface area contributed by atoms with Crippen LogP contribution in [0.5, 0.6) is 0 Å². The second-order valence-electron chi connectivity index (χ2n) is 4.43. The molecule has 3 nitrogen and oxygen atoms in total. The molecule has 3 heteroatoms. The van der Waals surface area contributed by atoms with E-state index in [4.69, 9.17) is 4.74 Å². The zero-order chi connectivity index (χ0) is 11.8. The van der Waals surface area contributed by atoms with Crippen molar-refractivity contribution in [3.8, 4) is 0 Å². The number of rotatable bonds is 2. The molecule has 0 saturated carbocycles. The first-order valence-corrected chi connectivity index (χ1v) is 5.41. The smallest absolute Gasteiger partial charge is 0.338 e. The zero-order valence-electron chi connectivity index (χ0n) is 9.78. The summed E-state index contributed by atoms with van der Waals surface area (Å²) in [5.41, 5.74) is 2.52. The van der Waals surface area contributed by atoms with Crippen LogP contribution in [0.4, 0.5) is 5.69 Å². The molecule has 1 aliphatic heterocycles. The second-order valence-corrected chi connectivity index (χ2v) is 4.43. The Bertz CT molecular complexity index is 461. The van der Waals surface area contributed by atoms with Crippen LogP contribution in [-0.4, -0.2) is 18.8 Å². The summed E-state index contributed by atoms with van der Waals surface area (Å²) in [6.45, 7) is 6.36. The van der Waals surface area contributed by atoms with Crippen LogP contribution in [0.15, 0.2) is 23.2 Å². The average molecular weight is 217 g/mol. The highest BCUT2D eigenvalue weighted by atomic mass is 16.5. The van der Waals surface area contributed by atoms with Gasteiger partial charge in [-0.15, -0.1) is 0 Å². The van der Waals surface area contributed by atoms with Gasteiger partial charge in [-0.1, -0.05) is 13.8 Å². The molecule has 84 valence electrons. The van der Waals surface area contributed by atoms with Gasteiger partial charge in [0.2, 0.25) is 0 Å². The van der Waals surface area contributed by atoms with Crippen molar-refractivity contribution in [3.63, 3.8) is 0 Å². The van der Waals surface area contributed by atoms with Crippen LogP contribution in [0.1, 0.15) is 36.7 Å². The SMILES string of the molecule is CCOC(=O)c1ccc2c(c1)C(C)(C)C=N2. The Hall–Kier alpha value is -1.64. The average Bonchev–Trinajstić information content (AvgIpc) is 2.55. The largest absolute Gasteiger partial charge is 0.462 e. The Balaban J connectivity index is 2.38. The van der Waals surface area contributed by atoms with Crippen molar-refractivity contribution in [3.05, 3.63) is 29.3 Å². The lowest BCUT2D eigenvalue weighted by Crippen LogP contribution is -2.16. The second kappa shape index (κ2) is 3.74. The van der Waals surface area contributed by atoms with E-state index in [1.807, 2.05) is 18.3 Å². The maximum Gasteiger partial charge on any atom is 0.338 e. The van der Waals surface area contributed by atoms with E-state index in [0.29, 0.717) is 12.2 Å². The maximum atomic E-state index is 11.6. The first kappa shape index (κ1) is 10.9. The van der Waals surface area contributed by atoms with Crippen LogP contribution in [0.25, 0.3) is 0 Å². The van der Waals surface area contributed by atoms with E-state index < -0.39 is 0 Å². The minimum absolute atomic E-state index is 0.0994. The van der Waals surface area contributed by atoms with Gasteiger partial charge in [0.05, 0.1) is 17.9 Å². The number of hydrogen-bond acceptors (Lipinski definition) is 3. The van der Waals surface area contributed by atoms with Crippen molar-refractivity contribution in [2.24, 2.45) is 4.99 Å². The molecule has 0 aliphatic carbocycles. The van der Waals surface area contributed by atoms with Gasteiger partial charge in [0.1, 0.15) is 0 Å². The summed E-state index contributed by atoms with van der Waals surface area (Å²) < 4.78 is 4.98. The lowest BCUT2D eigenvalue weighted by atomic mass is 9.86. The van der Waals surface area contributed by atoms with E-state index in [-0.39, 0.29) is 11.4 Å². The van der Waals surface area contributed by atoms with Gasteiger partial charge in [-0.25, -0.2) is 4.79 Å². The van der Waals surface area contributed by atoms with Crippen molar-refractivity contribution in [2.75, 3.05) is 6.61 Å². The first-order valence-electron chi connectivity index (χ1n) is 5.41. The fourth-order valence-electron chi connectivity index (χ4n) is 1.81. The fourth-order valence-corrected chi connectivity index (χ4v) is 1.81. The molecule has 0 N–H and O–H groups in total. The third kappa shape index (κ3) is 1.73. The molecular formula is C13H15NO2. The summed E-state index contributed by atoms with van der Waals surface area (Å²) in [5, 5.41) is 0. The number of benzene rings is 1. The van der Waals surface area contributed by atoms with Crippen LogP contribution in [0.3, 0.4) is 0 Å². The number of nitrogens with zero attached hydrogens (tertiary/aromatic N) is 1. The molecule has 1 aliphatic rings. The predicted octanol–water partition coefficient (Wildman–Crippen LogP) is 2.86. The van der Waals surface area contributed by atoms with Gasteiger partial charge in [-0.05, 0) is 30.7 Å². The third-order valence-electron chi connectivity index (χ3n) is 2.73. The standard InChI is InChI=1S/C13H15NO2/c1-4-16-12(15)9-5-6-11-10(7-9)13(2,3)8-14-11/h5-8H,4H2,1-3H3. The van der Waals surface area contributed by atoms with Gasteiger partial charge in [-0.3, -0.25) is 4.99 Å². The topological polar surface area (TPSA) is 38.7 Å². The summed E-state index contributed by atoms with van der Waals surface area (Å²) in [6, 6.07) is 5.50. The van der Waals surface area contributed by atoms with Gasteiger partial charge in [-0.2, -0.15) is 0 Å². The number of fused-ring (bicyclic) bond motifs is 1. The molecule has 0 radical (unpaired) electrons. The van der Waals surface area contributed by atoms with Crippen LogP contribution in [0, 0.1) is 0 Å². The summed E-state index contributed by atoms with van der Waals surface area (Å²) in [5.74, 6) is -0.270. The van der Waals surface area contributed by atoms with Crippen molar-refractivity contribution < 1.29 is 9.53 Å². The minimum atomic E-state index is -0.270. The van der Waals surface area contributed by atoms with E-state index in [1.54, 1.807) is 13.0 Å². The lowest BCUT2D eigenvalue weighted by molar-refractivity contribution is 0.0526. The van der Waals surface area contributed by atoms with Crippen LogP contribution >= 0.6 is 0 Å². The predicted molar refractivity (Wildman–Crippen MR) is 63.6 cm³/mol. The molecule has 1 heterocycles. The molecule has 0 atom stereocenters. The third-order valence-corrected chi connectivity index (χ3v) is 2.73. The Morgan fingerprint density at radius 1 is 1.44 bits per heavy atom. The van der Waals surface area contributed by atoms with E-state index in [2.05, 4.69) is 18.8 Å². The quantitative estimate of drug-likeness (QED) is 0.714. The number of carbonyl (C=O) groups is 1. The lowest BCUT2D eigenvalue weighted by Gasteiger charge is -2.16. The Morgan fingerprint density at radius 3 is 2.88 bits per heavy atom. The molecule has 1 aromatic carbocycles. The van der Waals surface area contributed by atoms with Gasteiger partial charge in [0.15, 0.2) is 0 Å². The summed E-state index contributed by atoms with van der Waals surface area (Å²) >= 11 is 0. The van der Waals surface area contributed by atoms with Crippen molar-refractivity contribution in [1.29, 1.82) is 0 Å². The molecule has 0 bridgehead atoms. The Labute approximate surface area is 95.2 Å². The Kier molecular flexibility index (Phi) is 2.54. The van der Waals surface area contributed by atoms with E-state index in [9.17, 15) is 4.79 Å². The molecule has 16 heavy (non-hydrogen) atoms. The normalized spacial score (nSPS) is 15.9. The molecule has 0 amide bonds. The zero-order valence-corrected chi connectivity index (χ0v) is 9.78. The van der Waals surface area contributed by atoms with Gasteiger partial charge < -0.3 is 4.74 Å². The number of hydrogen-bond donors (Lipinski definition) is 0. The number of esters is 1. The highest BCUT2D eigenvalue weighted by molar-refractivity contribution is 5.92. The van der Waals surface area contributed by atoms with Crippen molar-refractivity contribution >= 4 is 17.9 Å². The Morgan fingerprint density at radius 2 is 2.19 bits per heavy atom. The molecule has 2 rings (SSSR count). The minimum Gasteiger partial charge on any atom is -0.462 e. The highest BCUT2D eigenvalue weighted by Gasteiger charge is 2.27. The molecular weight excluding hydrogens is 202 g/mol. The molecule has 1 aromatic rings. The molecule has 0 fully saturated rings. The van der Waals surface area contributed by atoms with Crippen molar-refractivity contribution in [2.45, 2.75) is 26.2 Å². The van der Waals surface area contributed by atoms with Gasteiger partial charge in [0.25, 0.3) is 0 Å². The number of carbonyl (C=O) groups excluding carboxylic acids is 1. The monoisotopic (exact) mass is 217 g/mol. The number of aliphatic imine (C=N–C) groups is 1. The van der Waals surface area contributed by atoms with Crippen LogP contribution in [0.2, 0.25) is 0 Å². The fraction of sp³-hybridized carbons (Fsp3) is 0.385. The van der Waals surface area contributed by atoms with Crippen LogP contribution < -0.4 is 0 Å². The van der Waals surface area contributed by atoms with E-state index in [0.717, 1.165) is 11.3 Å². The maximum absolute atomic E-state index is 11.6. The molecule has 0 saturated heterocycles. The summed E-state index contributed by atoms with van der Waals surface area (Å²) in [6.07, 6.45) is 1.91. The molecule has 0 spiro atoms. The van der Waals surface area contributed by atoms with Crippen molar-refractivity contribution in [1.82, 2.24) is 0 Å². The highest BCUT2D eigenvalue weighted by Crippen LogP contribution is 2.36. The first-order chi connectivity index (χ1) is 7.54. The van der Waals surface area contributed by atoms with Crippen LogP contribution in [-0.2, 0) is 10.2 Å². The number of ether oxygens (including phenoxy) is 1. The molecule has 0 aromatic heterocycles. The van der Waals surface area contributed by atoms with E-state index in [1.165, 1.54) is 0 Å². The summed E-state index contributed by atoms with van der Waals surface area (Å²) in [4.78, 5) is 15.9. The summed E-state index contributed by atoms with van der Waals surface area (Å²) in [7, 11) is 0. The van der Waals surface area contributed by atoms with E-state index >= 15 is 0 Å².